The van der Waals surface area contributed by atoms with Crippen molar-refractivity contribution in [3.05, 3.63) is 212 Å². The van der Waals surface area contributed by atoms with E-state index in [0.717, 1.165) is 82.8 Å². The minimum atomic E-state index is 0.507. The number of nitrogens with zero attached hydrogens (tertiary/aromatic N) is 7. The number of hydrogen-bond donors (Lipinski definition) is 0. The Morgan fingerprint density at radius 3 is 1.48 bits per heavy atom. The maximum Gasteiger partial charge on any atom is 0.166 e. The molecule has 0 amide bonds. The highest BCUT2D eigenvalue weighted by molar-refractivity contribution is 7.25. The smallest absolute Gasteiger partial charge is 0.166 e. The van der Waals surface area contributed by atoms with Gasteiger partial charge in [-0.2, -0.15) is 0 Å². The van der Waals surface area contributed by atoms with Gasteiger partial charge in [0.25, 0.3) is 0 Å². The molecule has 0 aliphatic rings. The Bertz CT molecular complexity index is 4260. The summed E-state index contributed by atoms with van der Waals surface area (Å²) in [5, 5.41) is 6.66. The molecule has 14 aromatic rings. The molecule has 0 N–H and O–H groups in total. The highest BCUT2D eigenvalue weighted by Crippen LogP contribution is 2.42. The highest BCUT2D eigenvalue weighted by atomic mass is 32.1. The average Bonchev–Trinajstić information content (AvgIpc) is 4.09. The van der Waals surface area contributed by atoms with Crippen LogP contribution in [0.1, 0.15) is 0 Å². The summed E-state index contributed by atoms with van der Waals surface area (Å²) >= 11 is 1.79. The molecule has 69 heavy (non-hydrogen) atoms. The normalized spacial score (nSPS) is 11.8. The Labute approximate surface area is 398 Å². The number of rotatable bonds is 7. The summed E-state index contributed by atoms with van der Waals surface area (Å²) in [6.45, 7) is 0. The van der Waals surface area contributed by atoms with E-state index in [0.29, 0.717) is 34.9 Å². The van der Waals surface area contributed by atoms with Crippen molar-refractivity contribution in [2.24, 2.45) is 0 Å². The molecule has 0 radical (unpaired) electrons. The van der Waals surface area contributed by atoms with Gasteiger partial charge < -0.3 is 8.98 Å². The monoisotopic (exact) mass is 901 g/mol. The van der Waals surface area contributed by atoms with Crippen molar-refractivity contribution in [1.82, 2.24) is 34.5 Å². The van der Waals surface area contributed by atoms with Crippen LogP contribution in [0.15, 0.2) is 217 Å². The largest absolute Gasteiger partial charge is 0.456 e. The molecule has 8 nitrogen and oxygen atoms in total. The van der Waals surface area contributed by atoms with Gasteiger partial charge >= 0.3 is 0 Å². The van der Waals surface area contributed by atoms with Crippen LogP contribution in [0.4, 0.5) is 0 Å². The number of thiophene rings is 1. The van der Waals surface area contributed by atoms with E-state index in [1.54, 1.807) is 11.3 Å². The zero-order valence-corrected chi connectivity index (χ0v) is 37.5. The molecule has 0 bridgehead atoms. The Balaban J connectivity index is 1.05. The molecule has 0 saturated carbocycles. The number of fused-ring (bicyclic) bond motifs is 9. The van der Waals surface area contributed by atoms with Crippen LogP contribution in [0.5, 0.6) is 0 Å². The Morgan fingerprint density at radius 2 is 0.812 bits per heavy atom. The van der Waals surface area contributed by atoms with Crippen molar-refractivity contribution < 1.29 is 4.42 Å². The fraction of sp³-hybridized carbons (Fsp3) is 0. The molecule has 5 heterocycles. The summed E-state index contributed by atoms with van der Waals surface area (Å²) in [6.07, 6.45) is 0. The molecule has 0 atom stereocenters. The molecule has 5 aromatic heterocycles. The third-order valence-electron chi connectivity index (χ3n) is 12.9. The van der Waals surface area contributed by atoms with Crippen LogP contribution in [0.3, 0.4) is 0 Å². The summed E-state index contributed by atoms with van der Waals surface area (Å²) in [5.74, 6) is 3.32. The zero-order chi connectivity index (χ0) is 45.4. The van der Waals surface area contributed by atoms with Crippen molar-refractivity contribution in [3.8, 4) is 74.0 Å². The fourth-order valence-corrected chi connectivity index (χ4v) is 10.7. The molecule has 0 spiro atoms. The molecule has 9 aromatic carbocycles. The van der Waals surface area contributed by atoms with E-state index < -0.39 is 0 Å². The SMILES string of the molecule is c1ccc(-c2nc(-c3ccc(-n4c5ccccc5c5cc6oc7ccccc7c6cc54)c(-c4nc(-c5ccccc5)nc(-c5ccccc5)n4)c3)nc(-c3ccc4sc5ccccc5c4c3)n2)cc1. The summed E-state index contributed by atoms with van der Waals surface area (Å²) in [4.78, 5) is 31.4. The lowest BCUT2D eigenvalue weighted by Gasteiger charge is -2.16. The van der Waals surface area contributed by atoms with Gasteiger partial charge in [-0.15, -0.1) is 11.3 Å². The van der Waals surface area contributed by atoms with Crippen LogP contribution in [-0.4, -0.2) is 34.5 Å². The number of hydrogen-bond acceptors (Lipinski definition) is 8. The molecular formula is C60H35N7OS. The summed E-state index contributed by atoms with van der Waals surface area (Å²) in [6, 6.07) is 72.8. The summed E-state index contributed by atoms with van der Waals surface area (Å²) in [7, 11) is 0. The van der Waals surface area contributed by atoms with Crippen LogP contribution >= 0.6 is 11.3 Å². The second-order valence-corrected chi connectivity index (χ2v) is 18.2. The fourth-order valence-electron chi connectivity index (χ4n) is 9.64. The van der Waals surface area contributed by atoms with Crippen LogP contribution in [-0.2, 0) is 0 Å². The molecular weight excluding hydrogens is 867 g/mol. The van der Waals surface area contributed by atoms with Gasteiger partial charge in [0.1, 0.15) is 11.2 Å². The Kier molecular flexibility index (Phi) is 8.90. The van der Waals surface area contributed by atoms with Gasteiger partial charge in [-0.05, 0) is 66.7 Å². The van der Waals surface area contributed by atoms with Crippen LogP contribution in [0, 0.1) is 0 Å². The third-order valence-corrected chi connectivity index (χ3v) is 14.1. The lowest BCUT2D eigenvalue weighted by Crippen LogP contribution is -2.05. The van der Waals surface area contributed by atoms with Crippen molar-refractivity contribution in [3.63, 3.8) is 0 Å². The standard InChI is InChI=1S/C60H35N7OS/c1-4-16-36(17-5-1)55-62-58(64-59(63-55)40-29-31-54-46(32-40)43-24-12-15-27-53(43)69-54)39-28-30-49(47(33-39)60-65-56(37-18-6-2-7-19-37)61-57(66-60)38-20-8-3-9-21-38)67-48-25-13-10-22-41(48)44-35-52-45(34-50(44)67)42-23-11-14-26-51(42)68-52/h1-35H. The van der Waals surface area contributed by atoms with Gasteiger partial charge in [-0.1, -0.05) is 146 Å². The van der Waals surface area contributed by atoms with Gasteiger partial charge in [0.2, 0.25) is 0 Å². The topological polar surface area (TPSA) is 95.4 Å². The molecule has 14 rings (SSSR count). The Morgan fingerprint density at radius 1 is 0.304 bits per heavy atom. The maximum atomic E-state index is 6.46. The van der Waals surface area contributed by atoms with Crippen LogP contribution in [0.25, 0.3) is 138 Å². The first-order valence-electron chi connectivity index (χ1n) is 22.8. The van der Waals surface area contributed by atoms with E-state index in [-0.39, 0.29) is 0 Å². The second-order valence-electron chi connectivity index (χ2n) is 17.1. The van der Waals surface area contributed by atoms with E-state index in [9.17, 15) is 0 Å². The van der Waals surface area contributed by atoms with E-state index in [1.807, 2.05) is 103 Å². The van der Waals surface area contributed by atoms with Crippen molar-refractivity contribution >= 4 is 75.3 Å². The Hall–Kier alpha value is -9.18. The van der Waals surface area contributed by atoms with E-state index in [4.69, 9.17) is 34.3 Å². The second kappa shape index (κ2) is 15.7. The predicted octanol–water partition coefficient (Wildman–Crippen LogP) is 15.4. The van der Waals surface area contributed by atoms with Gasteiger partial charge in [0, 0.05) is 75.1 Å². The molecule has 0 fully saturated rings. The van der Waals surface area contributed by atoms with Crippen molar-refractivity contribution in [2.75, 3.05) is 0 Å². The zero-order valence-electron chi connectivity index (χ0n) is 36.7. The number of aromatic nitrogens is 7. The van der Waals surface area contributed by atoms with Crippen LogP contribution < -0.4 is 0 Å². The van der Waals surface area contributed by atoms with E-state index >= 15 is 0 Å². The van der Waals surface area contributed by atoms with Crippen molar-refractivity contribution in [1.29, 1.82) is 0 Å². The molecule has 0 aliphatic heterocycles. The quantitative estimate of drug-likeness (QED) is 0.157. The number of benzene rings is 9. The van der Waals surface area contributed by atoms with Crippen LogP contribution in [0.2, 0.25) is 0 Å². The van der Waals surface area contributed by atoms with Gasteiger partial charge in [-0.3, -0.25) is 0 Å². The molecule has 0 unspecified atom stereocenters. The first-order valence-corrected chi connectivity index (χ1v) is 23.6. The molecule has 322 valence electrons. The predicted molar refractivity (Wildman–Crippen MR) is 280 cm³/mol. The lowest BCUT2D eigenvalue weighted by atomic mass is 10.0. The summed E-state index contributed by atoms with van der Waals surface area (Å²) < 4.78 is 11.2. The van der Waals surface area contributed by atoms with E-state index in [2.05, 4.69) is 114 Å². The van der Waals surface area contributed by atoms with Gasteiger partial charge in [0.15, 0.2) is 34.9 Å². The summed E-state index contributed by atoms with van der Waals surface area (Å²) in [5.41, 5.74) is 9.75. The average molecular weight is 902 g/mol. The van der Waals surface area contributed by atoms with Gasteiger partial charge in [0.05, 0.1) is 16.7 Å². The number of para-hydroxylation sites is 2. The first kappa shape index (κ1) is 39.0. The lowest BCUT2D eigenvalue weighted by molar-refractivity contribution is 0.669. The van der Waals surface area contributed by atoms with Gasteiger partial charge in [-0.25, -0.2) is 29.9 Å². The van der Waals surface area contributed by atoms with Crippen molar-refractivity contribution in [2.45, 2.75) is 0 Å². The molecule has 0 saturated heterocycles. The maximum absolute atomic E-state index is 6.46. The highest BCUT2D eigenvalue weighted by Gasteiger charge is 2.23. The number of furan rings is 1. The van der Waals surface area contributed by atoms with E-state index in [1.165, 1.54) is 20.2 Å². The third kappa shape index (κ3) is 6.58. The minimum Gasteiger partial charge on any atom is -0.456 e. The minimum absolute atomic E-state index is 0.507. The molecule has 9 heteroatoms. The molecule has 0 aliphatic carbocycles. The first-order chi connectivity index (χ1) is 34.2.